The number of aryl methyl sites for hydroxylation is 1. The van der Waals surface area contributed by atoms with Crippen LogP contribution in [0.3, 0.4) is 0 Å². The monoisotopic (exact) mass is 396 g/mol. The van der Waals surface area contributed by atoms with Gasteiger partial charge in [0.05, 0.1) is 24.7 Å². The Morgan fingerprint density at radius 3 is 2.45 bits per heavy atom. The molecule has 1 aliphatic carbocycles. The summed E-state index contributed by atoms with van der Waals surface area (Å²) in [4.78, 5) is 32.3. The van der Waals surface area contributed by atoms with E-state index in [1.54, 1.807) is 4.57 Å². The standard InChI is InChI=1S/C23H17BN2O2S/c24-17-12-11-16-18-22(29-20(16)19(17)27)25-21(15-9-5-2-6-10-15)26(23(18)28)13-14-7-3-1-4-8-14/h1-10,17H,11-13H2. The number of rotatable bonds is 3. The van der Waals surface area contributed by atoms with Crippen molar-refractivity contribution in [2.75, 3.05) is 0 Å². The molecule has 140 valence electrons. The maximum Gasteiger partial charge on any atom is 0.263 e. The number of fused-ring (bicyclic) bond motifs is 3. The smallest absolute Gasteiger partial charge is 0.263 e. The highest BCUT2D eigenvalue weighted by molar-refractivity contribution is 7.20. The van der Waals surface area contributed by atoms with Crippen LogP contribution in [0, 0.1) is 0 Å². The average molecular weight is 396 g/mol. The zero-order chi connectivity index (χ0) is 20.0. The molecule has 2 heterocycles. The zero-order valence-electron chi connectivity index (χ0n) is 15.7. The summed E-state index contributed by atoms with van der Waals surface area (Å²) in [6, 6.07) is 19.6. The van der Waals surface area contributed by atoms with Crippen molar-refractivity contribution in [3.05, 3.63) is 87.0 Å². The number of Topliss-reactive ketones (excluding diaryl/α,β-unsaturated/α-hetero) is 1. The molecule has 2 aromatic heterocycles. The lowest BCUT2D eigenvalue weighted by Crippen LogP contribution is -2.25. The molecular formula is C23H17BN2O2S. The first-order chi connectivity index (χ1) is 14.1. The summed E-state index contributed by atoms with van der Waals surface area (Å²) >= 11 is 1.30. The number of hydrogen-bond acceptors (Lipinski definition) is 4. The largest absolute Gasteiger partial charge is 0.294 e. The number of carbonyl (C=O) groups excluding carboxylic acids is 1. The first kappa shape index (κ1) is 18.1. The van der Waals surface area contributed by atoms with E-state index in [0.717, 1.165) is 16.7 Å². The Labute approximate surface area is 173 Å². The van der Waals surface area contributed by atoms with E-state index in [0.29, 0.717) is 40.3 Å². The van der Waals surface area contributed by atoms with E-state index >= 15 is 0 Å². The summed E-state index contributed by atoms with van der Waals surface area (Å²) in [6.07, 6.45) is 1.20. The number of carbonyl (C=O) groups is 1. The summed E-state index contributed by atoms with van der Waals surface area (Å²) in [5, 5.41) is 0.570. The maximum atomic E-state index is 13.6. The molecule has 1 unspecified atom stereocenters. The minimum absolute atomic E-state index is 0.0791. The van der Waals surface area contributed by atoms with Gasteiger partial charge in [0.25, 0.3) is 5.56 Å². The van der Waals surface area contributed by atoms with Crippen LogP contribution in [0.1, 0.15) is 27.2 Å². The Kier molecular flexibility index (Phi) is 4.44. The molecule has 0 fully saturated rings. The molecule has 0 N–H and O–H groups in total. The molecule has 2 radical (unpaired) electrons. The van der Waals surface area contributed by atoms with E-state index in [2.05, 4.69) is 0 Å². The first-order valence-corrected chi connectivity index (χ1v) is 10.4. The number of hydrogen-bond donors (Lipinski definition) is 0. The van der Waals surface area contributed by atoms with Gasteiger partial charge in [0, 0.05) is 5.56 Å². The summed E-state index contributed by atoms with van der Waals surface area (Å²) in [5.74, 6) is 0.0440. The van der Waals surface area contributed by atoms with Crippen molar-refractivity contribution in [3.63, 3.8) is 0 Å². The van der Waals surface area contributed by atoms with Gasteiger partial charge in [-0.2, -0.15) is 0 Å². The van der Waals surface area contributed by atoms with Gasteiger partial charge in [-0.05, 0) is 29.8 Å². The molecule has 1 aliphatic rings. The summed E-state index contributed by atoms with van der Waals surface area (Å²) < 4.78 is 1.72. The van der Waals surface area contributed by atoms with Crippen molar-refractivity contribution < 1.29 is 4.79 Å². The predicted molar refractivity (Wildman–Crippen MR) is 117 cm³/mol. The molecule has 4 nitrogen and oxygen atoms in total. The molecule has 29 heavy (non-hydrogen) atoms. The highest BCUT2D eigenvalue weighted by Crippen LogP contribution is 2.37. The Morgan fingerprint density at radius 1 is 1.03 bits per heavy atom. The summed E-state index contributed by atoms with van der Waals surface area (Å²) in [6.45, 7) is 0.422. The number of ketones is 1. The Balaban J connectivity index is 1.79. The number of nitrogens with zero attached hydrogens (tertiary/aromatic N) is 2. The van der Waals surface area contributed by atoms with Crippen molar-refractivity contribution in [2.45, 2.75) is 25.2 Å². The lowest BCUT2D eigenvalue weighted by atomic mass is 9.74. The second-order valence-electron chi connectivity index (χ2n) is 7.28. The Hall–Kier alpha value is -2.99. The molecule has 6 heteroatoms. The van der Waals surface area contributed by atoms with E-state index in [1.807, 2.05) is 60.7 Å². The summed E-state index contributed by atoms with van der Waals surface area (Å²) in [5.41, 5.74) is 2.61. The fourth-order valence-electron chi connectivity index (χ4n) is 3.90. The highest BCUT2D eigenvalue weighted by atomic mass is 32.1. The molecule has 0 aliphatic heterocycles. The van der Waals surface area contributed by atoms with E-state index in [4.69, 9.17) is 12.8 Å². The van der Waals surface area contributed by atoms with Gasteiger partial charge in [-0.1, -0.05) is 60.7 Å². The number of thiophene rings is 1. The molecule has 0 spiro atoms. The van der Waals surface area contributed by atoms with E-state index in [-0.39, 0.29) is 11.3 Å². The van der Waals surface area contributed by atoms with E-state index in [1.165, 1.54) is 11.3 Å². The average Bonchev–Trinajstić information content (AvgIpc) is 3.13. The van der Waals surface area contributed by atoms with Crippen LogP contribution in [-0.2, 0) is 13.0 Å². The van der Waals surface area contributed by atoms with Crippen LogP contribution in [0.4, 0.5) is 0 Å². The van der Waals surface area contributed by atoms with Crippen molar-refractivity contribution in [1.29, 1.82) is 0 Å². The predicted octanol–water partition coefficient (Wildman–Crippen LogP) is 4.26. The van der Waals surface area contributed by atoms with E-state index in [9.17, 15) is 9.59 Å². The molecular weight excluding hydrogens is 379 g/mol. The maximum absolute atomic E-state index is 13.6. The highest BCUT2D eigenvalue weighted by Gasteiger charge is 2.30. The van der Waals surface area contributed by atoms with Gasteiger partial charge < -0.3 is 0 Å². The van der Waals surface area contributed by atoms with Crippen molar-refractivity contribution >= 4 is 35.2 Å². The molecule has 0 bridgehead atoms. The van der Waals surface area contributed by atoms with Gasteiger partial charge >= 0.3 is 0 Å². The molecule has 5 rings (SSSR count). The normalized spacial score (nSPS) is 16.1. The summed E-state index contributed by atoms with van der Waals surface area (Å²) in [7, 11) is 5.96. The van der Waals surface area contributed by atoms with Crippen LogP contribution >= 0.6 is 11.3 Å². The zero-order valence-corrected chi connectivity index (χ0v) is 16.5. The topological polar surface area (TPSA) is 52.0 Å². The minimum Gasteiger partial charge on any atom is -0.294 e. The number of benzene rings is 2. The van der Waals surface area contributed by atoms with Crippen LogP contribution < -0.4 is 5.56 Å². The fourth-order valence-corrected chi connectivity index (χ4v) is 5.11. The first-order valence-electron chi connectivity index (χ1n) is 9.59. The molecule has 2 aromatic carbocycles. The second-order valence-corrected chi connectivity index (χ2v) is 8.28. The van der Waals surface area contributed by atoms with Crippen molar-refractivity contribution in [2.24, 2.45) is 0 Å². The van der Waals surface area contributed by atoms with Gasteiger partial charge in [-0.3, -0.25) is 14.2 Å². The Morgan fingerprint density at radius 2 is 1.72 bits per heavy atom. The molecule has 1 atom stereocenters. The van der Waals surface area contributed by atoms with Crippen LogP contribution in [-0.4, -0.2) is 23.2 Å². The van der Waals surface area contributed by atoms with Crippen LogP contribution in [0.25, 0.3) is 21.6 Å². The van der Waals surface area contributed by atoms with Gasteiger partial charge in [-0.15, -0.1) is 11.3 Å². The van der Waals surface area contributed by atoms with Crippen LogP contribution in [0.2, 0.25) is 5.82 Å². The third kappa shape index (κ3) is 3.04. The van der Waals surface area contributed by atoms with Crippen LogP contribution in [0.15, 0.2) is 65.5 Å². The van der Waals surface area contributed by atoms with Gasteiger partial charge in [0.2, 0.25) is 0 Å². The van der Waals surface area contributed by atoms with Crippen molar-refractivity contribution in [1.82, 2.24) is 9.55 Å². The second kappa shape index (κ2) is 7.12. The lowest BCUT2D eigenvalue weighted by Gasteiger charge is -2.17. The van der Waals surface area contributed by atoms with Crippen molar-refractivity contribution in [3.8, 4) is 11.4 Å². The lowest BCUT2D eigenvalue weighted by molar-refractivity contribution is 0.0978. The number of aromatic nitrogens is 2. The molecule has 0 saturated carbocycles. The molecule has 0 amide bonds. The van der Waals surface area contributed by atoms with Gasteiger partial charge in [-0.25, -0.2) is 4.98 Å². The van der Waals surface area contributed by atoms with Gasteiger partial charge in [0.15, 0.2) is 5.78 Å². The quantitative estimate of drug-likeness (QED) is 0.487. The molecule has 4 aromatic rings. The Bertz CT molecular complexity index is 1280. The third-order valence-electron chi connectivity index (χ3n) is 5.39. The SMILES string of the molecule is [B]C1CCc2c(sc3nc(-c4ccccc4)n(Cc4ccccc4)c(=O)c23)C1=O. The molecule has 0 saturated heterocycles. The third-order valence-corrected chi connectivity index (χ3v) is 6.53. The van der Waals surface area contributed by atoms with E-state index < -0.39 is 5.82 Å². The minimum atomic E-state index is -0.490. The van der Waals surface area contributed by atoms with Crippen LogP contribution in [0.5, 0.6) is 0 Å². The fraction of sp³-hybridized carbons (Fsp3) is 0.174. The van der Waals surface area contributed by atoms with Gasteiger partial charge in [0.1, 0.15) is 10.7 Å².